The quantitative estimate of drug-likeness (QED) is 0.514. The highest BCUT2D eigenvalue weighted by atomic mass is 16.5. The van der Waals surface area contributed by atoms with Crippen LogP contribution in [0.3, 0.4) is 0 Å². The van der Waals surface area contributed by atoms with Crippen LogP contribution in [0, 0.1) is 5.92 Å². The molecule has 1 rings (SSSR count). The molecule has 0 N–H and O–H groups in total. The monoisotopic (exact) mass is 227 g/mol. The molecule has 5 nitrogen and oxygen atoms in total. The minimum Gasteiger partial charge on any atom is -0.469 e. The van der Waals surface area contributed by atoms with Crippen LogP contribution in [-0.4, -0.2) is 42.8 Å². The van der Waals surface area contributed by atoms with E-state index in [1.54, 1.807) is 4.90 Å². The predicted molar refractivity (Wildman–Crippen MR) is 56.6 cm³/mol. The summed E-state index contributed by atoms with van der Waals surface area (Å²) in [5.41, 5.74) is 0. The zero-order valence-corrected chi connectivity index (χ0v) is 9.69. The number of hydrogen-bond donors (Lipinski definition) is 0. The molecule has 16 heavy (non-hydrogen) atoms. The first-order chi connectivity index (χ1) is 7.56. The number of amides is 1. The Morgan fingerprint density at radius 2 is 1.81 bits per heavy atom. The number of Topliss-reactive ketones (excluding diaryl/α,β-unsaturated/α-hetero) is 1. The van der Waals surface area contributed by atoms with Crippen molar-refractivity contribution in [3.05, 3.63) is 0 Å². The van der Waals surface area contributed by atoms with Crippen molar-refractivity contribution in [3.63, 3.8) is 0 Å². The molecule has 1 heterocycles. The maximum Gasteiger partial charge on any atom is 0.306 e. The molecule has 0 aromatic rings. The van der Waals surface area contributed by atoms with Gasteiger partial charge in [0.1, 0.15) is 11.7 Å². The molecular weight excluding hydrogens is 210 g/mol. The van der Waals surface area contributed by atoms with E-state index in [1.165, 1.54) is 14.0 Å². The van der Waals surface area contributed by atoms with Crippen molar-refractivity contribution in [2.45, 2.75) is 26.2 Å². The molecule has 1 aliphatic rings. The summed E-state index contributed by atoms with van der Waals surface area (Å²) in [4.78, 5) is 36.0. The summed E-state index contributed by atoms with van der Waals surface area (Å²) in [6.07, 6.45) is 1.78. The lowest BCUT2D eigenvalue weighted by Gasteiger charge is -2.20. The van der Waals surface area contributed by atoms with Gasteiger partial charge in [0.2, 0.25) is 5.91 Å². The second-order valence-corrected chi connectivity index (χ2v) is 3.98. The number of carbonyl (C=O) groups excluding carboxylic acids is 3. The molecule has 1 amide bonds. The minimum atomic E-state index is -0.870. The summed E-state index contributed by atoms with van der Waals surface area (Å²) in [6.45, 7) is 2.70. The normalized spacial score (nSPS) is 17.0. The van der Waals surface area contributed by atoms with Gasteiger partial charge in [0, 0.05) is 13.1 Å². The molecule has 1 aliphatic heterocycles. The van der Waals surface area contributed by atoms with Crippen LogP contribution < -0.4 is 0 Å². The van der Waals surface area contributed by atoms with Crippen molar-refractivity contribution in [1.82, 2.24) is 4.90 Å². The lowest BCUT2D eigenvalue weighted by molar-refractivity contribution is -0.149. The van der Waals surface area contributed by atoms with E-state index in [0.29, 0.717) is 13.1 Å². The molecule has 1 saturated heterocycles. The van der Waals surface area contributed by atoms with Crippen molar-refractivity contribution in [2.75, 3.05) is 20.2 Å². The molecule has 1 unspecified atom stereocenters. The number of ether oxygens (including phenoxy) is 1. The first-order valence-electron chi connectivity index (χ1n) is 5.42. The average Bonchev–Trinajstić information content (AvgIpc) is 2.77. The van der Waals surface area contributed by atoms with Crippen LogP contribution in [0.15, 0.2) is 0 Å². The van der Waals surface area contributed by atoms with Gasteiger partial charge in [0.15, 0.2) is 0 Å². The third-order valence-corrected chi connectivity index (χ3v) is 2.81. The highest BCUT2D eigenvalue weighted by Gasteiger charge is 2.31. The number of rotatable bonds is 4. The van der Waals surface area contributed by atoms with Gasteiger partial charge in [0.05, 0.1) is 13.5 Å². The first-order valence-corrected chi connectivity index (χ1v) is 5.42. The van der Waals surface area contributed by atoms with Crippen LogP contribution in [0.1, 0.15) is 26.2 Å². The summed E-state index contributed by atoms with van der Waals surface area (Å²) in [7, 11) is 1.25. The Labute approximate surface area is 94.7 Å². The third kappa shape index (κ3) is 3.05. The number of nitrogens with zero attached hydrogens (tertiary/aromatic N) is 1. The van der Waals surface area contributed by atoms with E-state index in [9.17, 15) is 14.4 Å². The topological polar surface area (TPSA) is 63.7 Å². The Hall–Kier alpha value is -1.39. The van der Waals surface area contributed by atoms with Crippen molar-refractivity contribution in [2.24, 2.45) is 5.92 Å². The fourth-order valence-corrected chi connectivity index (χ4v) is 1.81. The predicted octanol–water partition coefficient (Wildman–Crippen LogP) is 0.377. The van der Waals surface area contributed by atoms with Gasteiger partial charge in [-0.1, -0.05) is 0 Å². The van der Waals surface area contributed by atoms with Crippen LogP contribution in [0.5, 0.6) is 0 Å². The van der Waals surface area contributed by atoms with Crippen LogP contribution in [0.4, 0.5) is 0 Å². The first kappa shape index (κ1) is 12.7. The standard InChI is InChI=1S/C11H17NO4/c1-8(13)9(7-10(14)16-2)11(15)12-5-3-4-6-12/h9H,3-7H2,1-2H3. The lowest BCUT2D eigenvalue weighted by atomic mass is 9.99. The van der Waals surface area contributed by atoms with Gasteiger partial charge < -0.3 is 9.64 Å². The highest BCUT2D eigenvalue weighted by Crippen LogP contribution is 2.15. The van der Waals surface area contributed by atoms with Crippen molar-refractivity contribution in [3.8, 4) is 0 Å². The van der Waals surface area contributed by atoms with E-state index >= 15 is 0 Å². The molecule has 0 bridgehead atoms. The number of likely N-dealkylation sites (tertiary alicyclic amines) is 1. The largest absolute Gasteiger partial charge is 0.469 e. The fraction of sp³-hybridized carbons (Fsp3) is 0.727. The van der Waals surface area contributed by atoms with Crippen LogP contribution in [0.25, 0.3) is 0 Å². The van der Waals surface area contributed by atoms with Gasteiger partial charge in [0.25, 0.3) is 0 Å². The zero-order valence-electron chi connectivity index (χ0n) is 9.69. The van der Waals surface area contributed by atoms with Crippen LogP contribution in [-0.2, 0) is 19.1 Å². The number of methoxy groups -OCH3 is 1. The number of carbonyl (C=O) groups is 3. The molecule has 1 atom stereocenters. The zero-order chi connectivity index (χ0) is 12.1. The summed E-state index contributed by atoms with van der Waals surface area (Å²) in [5, 5.41) is 0. The second kappa shape index (κ2) is 5.63. The maximum absolute atomic E-state index is 11.9. The summed E-state index contributed by atoms with van der Waals surface area (Å²) >= 11 is 0. The number of esters is 1. The van der Waals surface area contributed by atoms with Crippen molar-refractivity contribution in [1.29, 1.82) is 0 Å². The molecular formula is C11H17NO4. The summed E-state index contributed by atoms with van der Waals surface area (Å²) < 4.78 is 4.48. The van der Waals surface area contributed by atoms with Gasteiger partial charge in [-0.3, -0.25) is 14.4 Å². The van der Waals surface area contributed by atoms with Gasteiger partial charge in [-0.25, -0.2) is 0 Å². The van der Waals surface area contributed by atoms with E-state index < -0.39 is 11.9 Å². The Morgan fingerprint density at radius 1 is 1.25 bits per heavy atom. The molecule has 0 radical (unpaired) electrons. The van der Waals surface area contributed by atoms with E-state index in [4.69, 9.17) is 0 Å². The maximum atomic E-state index is 11.9. The van der Waals surface area contributed by atoms with E-state index in [-0.39, 0.29) is 18.1 Å². The van der Waals surface area contributed by atoms with E-state index in [0.717, 1.165) is 12.8 Å². The van der Waals surface area contributed by atoms with E-state index in [2.05, 4.69) is 4.74 Å². The van der Waals surface area contributed by atoms with Crippen LogP contribution >= 0.6 is 0 Å². The smallest absolute Gasteiger partial charge is 0.306 e. The minimum absolute atomic E-state index is 0.152. The second-order valence-electron chi connectivity index (χ2n) is 3.98. The van der Waals surface area contributed by atoms with Crippen molar-refractivity contribution < 1.29 is 19.1 Å². The molecule has 1 fully saturated rings. The van der Waals surface area contributed by atoms with Gasteiger partial charge in [-0.2, -0.15) is 0 Å². The number of hydrogen-bond acceptors (Lipinski definition) is 4. The Bertz CT molecular complexity index is 294. The average molecular weight is 227 g/mol. The van der Waals surface area contributed by atoms with E-state index in [1.807, 2.05) is 0 Å². The number of ketones is 1. The molecule has 0 aliphatic carbocycles. The SMILES string of the molecule is COC(=O)CC(C(C)=O)C(=O)N1CCCC1. The van der Waals surface area contributed by atoms with Gasteiger partial charge in [-0.05, 0) is 19.8 Å². The Kier molecular flexibility index (Phi) is 4.46. The lowest BCUT2D eigenvalue weighted by Crippen LogP contribution is -2.38. The Balaban J connectivity index is 2.65. The molecule has 90 valence electrons. The summed E-state index contributed by atoms with van der Waals surface area (Å²) in [6, 6.07) is 0. The molecule has 0 spiro atoms. The Morgan fingerprint density at radius 3 is 2.25 bits per heavy atom. The summed E-state index contributed by atoms with van der Waals surface area (Å²) in [5.74, 6) is -1.91. The fourth-order valence-electron chi connectivity index (χ4n) is 1.81. The molecule has 0 saturated carbocycles. The molecule has 0 aromatic heterocycles. The van der Waals surface area contributed by atoms with Gasteiger partial charge in [-0.15, -0.1) is 0 Å². The van der Waals surface area contributed by atoms with Gasteiger partial charge >= 0.3 is 5.97 Å². The van der Waals surface area contributed by atoms with Crippen LogP contribution in [0.2, 0.25) is 0 Å². The third-order valence-electron chi connectivity index (χ3n) is 2.81. The highest BCUT2D eigenvalue weighted by molar-refractivity contribution is 6.02. The van der Waals surface area contributed by atoms with Crippen molar-refractivity contribution >= 4 is 17.7 Å². The molecule has 0 aromatic carbocycles. The molecule has 5 heteroatoms.